The molecular weight excluding hydrogens is 276 g/mol. The van der Waals surface area contributed by atoms with Gasteiger partial charge >= 0.3 is 12.0 Å². The highest BCUT2D eigenvalue weighted by Crippen LogP contribution is 2.22. The summed E-state index contributed by atoms with van der Waals surface area (Å²) in [6.45, 7) is 1.25. The van der Waals surface area contributed by atoms with E-state index in [9.17, 15) is 19.5 Å². The Labute approximate surface area is 113 Å². The van der Waals surface area contributed by atoms with Gasteiger partial charge in [0.05, 0.1) is 0 Å². The van der Waals surface area contributed by atoms with E-state index in [2.05, 4.69) is 0 Å². The number of hydrogen-bond acceptors (Lipinski definition) is 5. The second kappa shape index (κ2) is 6.05. The lowest BCUT2D eigenvalue weighted by atomic mass is 10.2. The minimum Gasteiger partial charge on any atom is -0.507 e. The third kappa shape index (κ3) is 4.14. The number of amides is 3. The lowest BCUT2D eigenvalue weighted by molar-refractivity contribution is -0.127. The first-order valence-electron chi connectivity index (χ1n) is 5.11. The predicted octanol–water partition coefficient (Wildman–Crippen LogP) is 0.786. The Kier molecular flexibility index (Phi) is 4.71. The van der Waals surface area contributed by atoms with Gasteiger partial charge in [0, 0.05) is 5.02 Å². The molecule has 1 aromatic rings. The van der Waals surface area contributed by atoms with Crippen molar-refractivity contribution in [3.8, 4) is 5.75 Å². The number of hydrogen-bond donors (Lipinski definition) is 3. The number of aromatic hydroxyl groups is 1. The van der Waals surface area contributed by atoms with E-state index in [0.717, 1.165) is 6.07 Å². The van der Waals surface area contributed by atoms with Gasteiger partial charge in [-0.25, -0.2) is 9.59 Å². The summed E-state index contributed by atoms with van der Waals surface area (Å²) in [5, 5.41) is 11.5. The highest BCUT2D eigenvalue weighted by atomic mass is 35.5. The summed E-state index contributed by atoms with van der Waals surface area (Å²) in [5.41, 5.74) is 4.60. The first-order chi connectivity index (χ1) is 8.81. The molecule has 0 aromatic heterocycles. The van der Waals surface area contributed by atoms with Gasteiger partial charge in [0.1, 0.15) is 11.3 Å². The van der Waals surface area contributed by atoms with Gasteiger partial charge < -0.3 is 15.6 Å². The number of benzene rings is 1. The van der Waals surface area contributed by atoms with Crippen molar-refractivity contribution in [3.63, 3.8) is 0 Å². The Morgan fingerprint density at radius 2 is 2.05 bits per heavy atom. The first kappa shape index (κ1) is 14.8. The van der Waals surface area contributed by atoms with E-state index in [0.29, 0.717) is 0 Å². The van der Waals surface area contributed by atoms with E-state index >= 15 is 0 Å². The molecule has 1 atom stereocenters. The Balaban J connectivity index is 2.74. The minimum atomic E-state index is -1.24. The van der Waals surface area contributed by atoms with Crippen LogP contribution < -0.4 is 11.1 Å². The van der Waals surface area contributed by atoms with Gasteiger partial charge in [-0.2, -0.15) is 0 Å². The highest BCUT2D eigenvalue weighted by molar-refractivity contribution is 6.30. The number of phenolic OH excluding ortho intramolecular Hbond substituents is 1. The maximum atomic E-state index is 11.7. The van der Waals surface area contributed by atoms with Gasteiger partial charge in [-0.15, -0.1) is 0 Å². The zero-order chi connectivity index (χ0) is 14.6. The molecule has 7 nitrogen and oxygen atoms in total. The Hall–Kier alpha value is -2.28. The van der Waals surface area contributed by atoms with Crippen molar-refractivity contribution in [1.29, 1.82) is 0 Å². The number of urea groups is 1. The topological polar surface area (TPSA) is 119 Å². The van der Waals surface area contributed by atoms with Crippen LogP contribution in [0.25, 0.3) is 0 Å². The monoisotopic (exact) mass is 286 g/mol. The van der Waals surface area contributed by atoms with Crippen LogP contribution in [-0.2, 0) is 9.53 Å². The summed E-state index contributed by atoms with van der Waals surface area (Å²) in [7, 11) is 0. The normalized spacial score (nSPS) is 11.5. The molecule has 0 aliphatic rings. The molecule has 19 heavy (non-hydrogen) atoms. The largest absolute Gasteiger partial charge is 0.507 e. The summed E-state index contributed by atoms with van der Waals surface area (Å²) in [4.78, 5) is 33.4. The maximum Gasteiger partial charge on any atom is 0.342 e. The molecule has 8 heteroatoms. The summed E-state index contributed by atoms with van der Waals surface area (Å²) < 4.78 is 4.76. The van der Waals surface area contributed by atoms with Gasteiger partial charge in [-0.1, -0.05) is 11.6 Å². The second-order valence-corrected chi connectivity index (χ2v) is 4.00. The van der Waals surface area contributed by atoms with Crippen molar-refractivity contribution in [3.05, 3.63) is 28.8 Å². The molecular formula is C11H11ClN2O5. The molecule has 0 fully saturated rings. The number of carbonyl (C=O) groups excluding carboxylic acids is 3. The van der Waals surface area contributed by atoms with Gasteiger partial charge in [0.25, 0.3) is 5.91 Å². The fourth-order valence-electron chi connectivity index (χ4n) is 1.18. The summed E-state index contributed by atoms with van der Waals surface area (Å²) in [5.74, 6) is -2.17. The van der Waals surface area contributed by atoms with Crippen LogP contribution in [0.1, 0.15) is 17.3 Å². The van der Waals surface area contributed by atoms with Gasteiger partial charge in [0.2, 0.25) is 0 Å². The standard InChI is InChI=1S/C11H11ClN2O5/c1-5(9(16)14-11(13)18)19-10(17)7-3-2-6(12)4-8(7)15/h2-5,15H,1H3,(H3,13,14,16,18)/t5-/m0/s1. The van der Waals surface area contributed by atoms with Crippen molar-refractivity contribution < 1.29 is 24.2 Å². The lowest BCUT2D eigenvalue weighted by Gasteiger charge is -2.12. The molecule has 0 aliphatic carbocycles. The van der Waals surface area contributed by atoms with Crippen molar-refractivity contribution in [2.45, 2.75) is 13.0 Å². The average Bonchev–Trinajstić information content (AvgIpc) is 2.27. The summed E-state index contributed by atoms with van der Waals surface area (Å²) in [6.07, 6.45) is -1.24. The molecule has 0 heterocycles. The van der Waals surface area contributed by atoms with Crippen molar-refractivity contribution in [2.24, 2.45) is 5.73 Å². The smallest absolute Gasteiger partial charge is 0.342 e. The number of imide groups is 1. The molecule has 1 aromatic carbocycles. The lowest BCUT2D eigenvalue weighted by Crippen LogP contribution is -2.42. The van der Waals surface area contributed by atoms with Gasteiger partial charge in [-0.05, 0) is 25.1 Å². The molecule has 0 radical (unpaired) electrons. The predicted molar refractivity (Wildman–Crippen MR) is 65.7 cm³/mol. The molecule has 0 spiro atoms. The molecule has 0 saturated heterocycles. The van der Waals surface area contributed by atoms with Crippen LogP contribution in [0.15, 0.2) is 18.2 Å². The molecule has 1 rings (SSSR count). The second-order valence-electron chi connectivity index (χ2n) is 3.56. The summed E-state index contributed by atoms with van der Waals surface area (Å²) >= 11 is 5.61. The zero-order valence-electron chi connectivity index (χ0n) is 9.84. The number of carbonyl (C=O) groups is 3. The number of ether oxygens (including phenoxy) is 1. The van der Waals surface area contributed by atoms with E-state index < -0.39 is 24.0 Å². The van der Waals surface area contributed by atoms with E-state index in [4.69, 9.17) is 22.1 Å². The molecule has 3 amide bonds. The fourth-order valence-corrected chi connectivity index (χ4v) is 1.34. The molecule has 4 N–H and O–H groups in total. The molecule has 102 valence electrons. The van der Waals surface area contributed by atoms with Crippen LogP contribution in [0.2, 0.25) is 5.02 Å². The van der Waals surface area contributed by atoms with Crippen LogP contribution in [0, 0.1) is 0 Å². The Bertz CT molecular complexity index is 532. The van der Waals surface area contributed by atoms with Gasteiger partial charge in [0.15, 0.2) is 6.10 Å². The third-order valence-electron chi connectivity index (χ3n) is 2.08. The van der Waals surface area contributed by atoms with Crippen molar-refractivity contribution in [2.75, 3.05) is 0 Å². The number of nitrogens with two attached hydrogens (primary N) is 1. The number of rotatable bonds is 3. The van der Waals surface area contributed by atoms with Crippen LogP contribution in [0.3, 0.4) is 0 Å². The van der Waals surface area contributed by atoms with Crippen molar-refractivity contribution in [1.82, 2.24) is 5.32 Å². The van der Waals surface area contributed by atoms with Crippen LogP contribution in [0.5, 0.6) is 5.75 Å². The minimum absolute atomic E-state index is 0.150. The fraction of sp³-hybridized carbons (Fsp3) is 0.182. The van der Waals surface area contributed by atoms with Crippen LogP contribution >= 0.6 is 11.6 Å². The van der Waals surface area contributed by atoms with E-state index in [1.54, 1.807) is 5.32 Å². The average molecular weight is 287 g/mol. The number of nitrogens with one attached hydrogen (secondary N) is 1. The number of halogens is 1. The quantitative estimate of drug-likeness (QED) is 0.710. The van der Waals surface area contributed by atoms with Crippen LogP contribution in [-0.4, -0.2) is 29.1 Å². The first-order valence-corrected chi connectivity index (χ1v) is 5.49. The SMILES string of the molecule is C[C@H](OC(=O)c1ccc(Cl)cc1O)C(=O)NC(N)=O. The van der Waals surface area contributed by atoms with E-state index in [1.807, 2.05) is 0 Å². The van der Waals surface area contributed by atoms with Crippen molar-refractivity contribution >= 4 is 29.5 Å². The summed E-state index contributed by atoms with van der Waals surface area (Å²) in [6, 6.07) is 2.74. The third-order valence-corrected chi connectivity index (χ3v) is 2.31. The Morgan fingerprint density at radius 3 is 2.58 bits per heavy atom. The van der Waals surface area contributed by atoms with E-state index in [-0.39, 0.29) is 16.3 Å². The Morgan fingerprint density at radius 1 is 1.42 bits per heavy atom. The highest BCUT2D eigenvalue weighted by Gasteiger charge is 2.21. The zero-order valence-corrected chi connectivity index (χ0v) is 10.6. The maximum absolute atomic E-state index is 11.7. The molecule has 0 unspecified atom stereocenters. The van der Waals surface area contributed by atoms with Crippen LogP contribution in [0.4, 0.5) is 4.79 Å². The molecule has 0 bridgehead atoms. The van der Waals surface area contributed by atoms with E-state index in [1.165, 1.54) is 19.1 Å². The van der Waals surface area contributed by atoms with Gasteiger partial charge in [-0.3, -0.25) is 10.1 Å². The molecule has 0 aliphatic heterocycles. The molecule has 0 saturated carbocycles. The number of esters is 1. The number of primary amides is 1. The number of phenols is 1.